The maximum atomic E-state index is 12.5. The summed E-state index contributed by atoms with van der Waals surface area (Å²) >= 11 is 0. The van der Waals surface area contributed by atoms with Crippen LogP contribution >= 0.6 is 12.4 Å². The van der Waals surface area contributed by atoms with Crippen molar-refractivity contribution in [3.63, 3.8) is 0 Å². The molecule has 0 radical (unpaired) electrons. The number of nitrogens with one attached hydrogen (secondary N) is 1. The van der Waals surface area contributed by atoms with Gasteiger partial charge in [-0.25, -0.2) is 0 Å². The molecule has 2 aliphatic carbocycles. The Bertz CT molecular complexity index is 368. The first-order chi connectivity index (χ1) is 9.33. The average Bonchev–Trinajstić information content (AvgIpc) is 3.34. The van der Waals surface area contributed by atoms with Crippen molar-refractivity contribution in [1.82, 2.24) is 15.1 Å². The Hall–Kier alpha value is -0.320. The van der Waals surface area contributed by atoms with Crippen LogP contribution in [0.2, 0.25) is 0 Å². The number of amides is 1. The van der Waals surface area contributed by atoms with E-state index in [1.54, 1.807) is 0 Å². The predicted molar refractivity (Wildman–Crippen MR) is 81.0 cm³/mol. The summed E-state index contributed by atoms with van der Waals surface area (Å²) in [4.78, 5) is 17.2. The second-order valence-electron chi connectivity index (χ2n) is 6.86. The normalized spacial score (nSPS) is 37.6. The van der Waals surface area contributed by atoms with Crippen LogP contribution in [0.25, 0.3) is 0 Å². The van der Waals surface area contributed by atoms with E-state index in [2.05, 4.69) is 15.1 Å². The Morgan fingerprint density at radius 1 is 1.05 bits per heavy atom. The van der Waals surface area contributed by atoms with Crippen molar-refractivity contribution in [2.45, 2.75) is 31.7 Å². The van der Waals surface area contributed by atoms with E-state index < -0.39 is 0 Å². The molecule has 4 rings (SSSR count). The largest absolute Gasteiger partial charge is 0.341 e. The van der Waals surface area contributed by atoms with Gasteiger partial charge in [0.2, 0.25) is 5.91 Å². The van der Waals surface area contributed by atoms with Crippen LogP contribution in [-0.4, -0.2) is 61.0 Å². The predicted octanol–water partition coefficient (Wildman–Crippen LogP) is 0.960. The Kier molecular flexibility index (Phi) is 4.25. The maximum absolute atomic E-state index is 12.5. The van der Waals surface area contributed by atoms with E-state index in [4.69, 9.17) is 0 Å². The molecule has 0 aromatic heterocycles. The van der Waals surface area contributed by atoms with Gasteiger partial charge in [-0.3, -0.25) is 9.69 Å². The molecule has 114 valence electrons. The molecule has 4 fully saturated rings. The maximum Gasteiger partial charge on any atom is 0.226 e. The molecule has 5 heteroatoms. The molecule has 2 aliphatic heterocycles. The molecule has 2 saturated heterocycles. The van der Waals surface area contributed by atoms with Crippen LogP contribution in [-0.2, 0) is 4.79 Å². The number of halogens is 1. The molecule has 2 saturated carbocycles. The zero-order valence-corrected chi connectivity index (χ0v) is 12.9. The summed E-state index contributed by atoms with van der Waals surface area (Å²) in [7, 11) is 0. The third-order valence-corrected chi connectivity index (χ3v) is 5.53. The molecule has 2 heterocycles. The molecular weight excluding hydrogens is 274 g/mol. The number of nitrogens with zero attached hydrogens (tertiary/aromatic N) is 2. The van der Waals surface area contributed by atoms with Crippen molar-refractivity contribution in [3.8, 4) is 0 Å². The number of carbonyl (C=O) groups excluding carboxylic acids is 1. The number of carbonyl (C=O) groups is 1. The zero-order valence-electron chi connectivity index (χ0n) is 12.1. The topological polar surface area (TPSA) is 35.6 Å². The fourth-order valence-electron chi connectivity index (χ4n) is 4.07. The molecule has 0 aromatic rings. The van der Waals surface area contributed by atoms with Gasteiger partial charge in [0.1, 0.15) is 0 Å². The highest BCUT2D eigenvalue weighted by Crippen LogP contribution is 2.55. The number of hydrogen-bond donors (Lipinski definition) is 1. The SMILES string of the molecule is Cl.O=C(C1CC1C1CC1)N1CCC(N2CCNCC2)C1. The Balaban J connectivity index is 0.00000121. The van der Waals surface area contributed by atoms with Gasteiger partial charge in [0.15, 0.2) is 0 Å². The summed E-state index contributed by atoms with van der Waals surface area (Å²) in [5.74, 6) is 2.58. The van der Waals surface area contributed by atoms with Gasteiger partial charge in [0.25, 0.3) is 0 Å². The smallest absolute Gasteiger partial charge is 0.226 e. The van der Waals surface area contributed by atoms with Crippen LogP contribution in [0.1, 0.15) is 25.7 Å². The lowest BCUT2D eigenvalue weighted by Crippen LogP contribution is -2.49. The number of rotatable bonds is 3. The molecule has 1 amide bonds. The van der Waals surface area contributed by atoms with Gasteiger partial charge in [-0.15, -0.1) is 12.4 Å². The van der Waals surface area contributed by atoms with Crippen LogP contribution in [0.3, 0.4) is 0 Å². The highest BCUT2D eigenvalue weighted by atomic mass is 35.5. The minimum atomic E-state index is 0. The fraction of sp³-hybridized carbons (Fsp3) is 0.933. The summed E-state index contributed by atoms with van der Waals surface area (Å²) in [5.41, 5.74) is 0. The van der Waals surface area contributed by atoms with Crippen molar-refractivity contribution in [1.29, 1.82) is 0 Å². The van der Waals surface area contributed by atoms with E-state index in [-0.39, 0.29) is 12.4 Å². The van der Waals surface area contributed by atoms with Crippen LogP contribution in [0.4, 0.5) is 0 Å². The molecule has 0 bridgehead atoms. The molecule has 0 spiro atoms. The third-order valence-electron chi connectivity index (χ3n) is 5.53. The molecule has 1 N–H and O–H groups in total. The van der Waals surface area contributed by atoms with Gasteiger partial charge in [-0.1, -0.05) is 0 Å². The minimum Gasteiger partial charge on any atom is -0.341 e. The van der Waals surface area contributed by atoms with Gasteiger partial charge < -0.3 is 10.2 Å². The number of likely N-dealkylation sites (tertiary alicyclic amines) is 1. The van der Waals surface area contributed by atoms with Crippen LogP contribution in [0, 0.1) is 17.8 Å². The van der Waals surface area contributed by atoms with E-state index in [0.29, 0.717) is 17.9 Å². The molecule has 3 atom stereocenters. The van der Waals surface area contributed by atoms with E-state index in [1.165, 1.54) is 25.7 Å². The second kappa shape index (κ2) is 5.82. The van der Waals surface area contributed by atoms with E-state index in [1.807, 2.05) is 0 Å². The molecular formula is C15H26ClN3O. The summed E-state index contributed by atoms with van der Waals surface area (Å²) < 4.78 is 0. The lowest BCUT2D eigenvalue weighted by atomic mass is 10.2. The Morgan fingerprint density at radius 3 is 2.50 bits per heavy atom. The van der Waals surface area contributed by atoms with Crippen LogP contribution in [0.15, 0.2) is 0 Å². The van der Waals surface area contributed by atoms with Crippen molar-refractivity contribution in [3.05, 3.63) is 0 Å². The molecule has 0 aromatic carbocycles. The highest BCUT2D eigenvalue weighted by molar-refractivity contribution is 5.85. The zero-order chi connectivity index (χ0) is 12.8. The minimum absolute atomic E-state index is 0. The summed E-state index contributed by atoms with van der Waals surface area (Å²) in [6.45, 7) is 6.52. The second-order valence-corrected chi connectivity index (χ2v) is 6.86. The van der Waals surface area contributed by atoms with Gasteiger partial charge >= 0.3 is 0 Å². The Labute approximate surface area is 127 Å². The molecule has 4 nitrogen and oxygen atoms in total. The van der Waals surface area contributed by atoms with Crippen molar-refractivity contribution in [2.75, 3.05) is 39.3 Å². The molecule has 20 heavy (non-hydrogen) atoms. The van der Waals surface area contributed by atoms with Gasteiger partial charge in [0, 0.05) is 51.2 Å². The monoisotopic (exact) mass is 299 g/mol. The van der Waals surface area contributed by atoms with Crippen molar-refractivity contribution >= 4 is 18.3 Å². The standard InChI is InChI=1S/C15H25N3O.ClH/c19-15(14-9-13(14)11-1-2-11)18-6-3-12(10-18)17-7-4-16-5-8-17;/h11-14,16H,1-10H2;1H. The van der Waals surface area contributed by atoms with Gasteiger partial charge in [-0.2, -0.15) is 0 Å². The lowest BCUT2D eigenvalue weighted by Gasteiger charge is -2.32. The quantitative estimate of drug-likeness (QED) is 0.843. The van der Waals surface area contributed by atoms with E-state index in [9.17, 15) is 4.79 Å². The molecule has 4 aliphatic rings. The van der Waals surface area contributed by atoms with Crippen LogP contribution < -0.4 is 5.32 Å². The lowest BCUT2D eigenvalue weighted by molar-refractivity contribution is -0.132. The molecule has 3 unspecified atom stereocenters. The van der Waals surface area contributed by atoms with E-state index >= 15 is 0 Å². The first-order valence-electron chi connectivity index (χ1n) is 8.06. The first kappa shape index (κ1) is 14.6. The van der Waals surface area contributed by atoms with Crippen molar-refractivity contribution in [2.24, 2.45) is 17.8 Å². The van der Waals surface area contributed by atoms with Crippen molar-refractivity contribution < 1.29 is 4.79 Å². The average molecular weight is 300 g/mol. The Morgan fingerprint density at radius 2 is 1.80 bits per heavy atom. The van der Waals surface area contributed by atoms with Gasteiger partial charge in [0.05, 0.1) is 0 Å². The van der Waals surface area contributed by atoms with E-state index in [0.717, 1.165) is 51.1 Å². The number of hydrogen-bond acceptors (Lipinski definition) is 3. The highest BCUT2D eigenvalue weighted by Gasteiger charge is 2.52. The first-order valence-corrected chi connectivity index (χ1v) is 8.06. The van der Waals surface area contributed by atoms with Gasteiger partial charge in [-0.05, 0) is 37.5 Å². The summed E-state index contributed by atoms with van der Waals surface area (Å²) in [5, 5.41) is 3.40. The third kappa shape index (κ3) is 2.83. The summed E-state index contributed by atoms with van der Waals surface area (Å²) in [6, 6.07) is 0.629. The fourth-order valence-corrected chi connectivity index (χ4v) is 4.07. The van der Waals surface area contributed by atoms with Crippen LogP contribution in [0.5, 0.6) is 0 Å². The summed E-state index contributed by atoms with van der Waals surface area (Å²) in [6.07, 6.45) is 5.15. The number of piperazine rings is 1.